The van der Waals surface area contributed by atoms with Gasteiger partial charge < -0.3 is 10.2 Å². The molecule has 0 unspecified atom stereocenters. The van der Waals surface area contributed by atoms with Gasteiger partial charge in [0.2, 0.25) is 0 Å². The van der Waals surface area contributed by atoms with Crippen molar-refractivity contribution in [1.82, 2.24) is 5.32 Å². The van der Waals surface area contributed by atoms with Gasteiger partial charge in [0.25, 0.3) is 11.8 Å². The van der Waals surface area contributed by atoms with Crippen LogP contribution in [0.1, 0.15) is 33.2 Å². The largest absolute Gasteiger partial charge is 0.348 e. The first-order valence-electron chi connectivity index (χ1n) is 9.08. The molecule has 2 amide bonds. The molecule has 0 fully saturated rings. The molecule has 0 spiro atoms. The molecule has 0 radical (unpaired) electrons. The minimum absolute atomic E-state index is 0.101. The van der Waals surface area contributed by atoms with Crippen molar-refractivity contribution >= 4 is 17.5 Å². The molecule has 142 valence electrons. The molecule has 3 rings (SSSR count). The third kappa shape index (κ3) is 4.43. The Labute approximate surface area is 163 Å². The summed E-state index contributed by atoms with van der Waals surface area (Å²) in [5, 5.41) is 2.69. The van der Waals surface area contributed by atoms with E-state index in [-0.39, 0.29) is 24.2 Å². The van der Waals surface area contributed by atoms with E-state index in [1.807, 2.05) is 37.3 Å². The number of rotatable bonds is 6. The van der Waals surface area contributed by atoms with Gasteiger partial charge in [0, 0.05) is 35.5 Å². The first kappa shape index (κ1) is 19.3. The number of halogens is 1. The Kier molecular flexibility index (Phi) is 6.17. The standard InChI is InChI=1S/C23H21FN2O2/c1-2-26(20-9-4-3-5-10-20)23(28)18-14-12-17(13-15-18)22(27)25-16-19-8-6-7-11-21(19)24/h3-15H,2,16H2,1H3,(H,25,27). The molecule has 0 aliphatic carbocycles. The summed E-state index contributed by atoms with van der Waals surface area (Å²) in [5.74, 6) is -0.811. The van der Waals surface area contributed by atoms with Gasteiger partial charge in [0.1, 0.15) is 5.82 Å². The molecule has 3 aromatic carbocycles. The van der Waals surface area contributed by atoms with Crippen LogP contribution in [0, 0.1) is 5.82 Å². The van der Waals surface area contributed by atoms with Crippen LogP contribution in [0.15, 0.2) is 78.9 Å². The Morgan fingerprint density at radius 3 is 2.11 bits per heavy atom. The number of amides is 2. The van der Waals surface area contributed by atoms with Crippen molar-refractivity contribution < 1.29 is 14.0 Å². The highest BCUT2D eigenvalue weighted by Crippen LogP contribution is 2.17. The van der Waals surface area contributed by atoms with Crippen LogP contribution in [0.2, 0.25) is 0 Å². The van der Waals surface area contributed by atoms with Crippen molar-refractivity contribution in [3.05, 3.63) is 101 Å². The van der Waals surface area contributed by atoms with Gasteiger partial charge in [-0.3, -0.25) is 9.59 Å². The molecule has 5 heteroatoms. The smallest absolute Gasteiger partial charge is 0.258 e. The molecule has 3 aromatic rings. The number of anilines is 1. The van der Waals surface area contributed by atoms with E-state index in [1.54, 1.807) is 47.4 Å². The highest BCUT2D eigenvalue weighted by atomic mass is 19.1. The Bertz CT molecular complexity index is 956. The molecule has 4 nitrogen and oxygen atoms in total. The molecule has 0 saturated heterocycles. The number of hydrogen-bond donors (Lipinski definition) is 1. The van der Waals surface area contributed by atoms with Gasteiger partial charge in [-0.25, -0.2) is 4.39 Å². The molecule has 28 heavy (non-hydrogen) atoms. The van der Waals surface area contributed by atoms with E-state index in [9.17, 15) is 14.0 Å². The number of nitrogens with one attached hydrogen (secondary N) is 1. The summed E-state index contributed by atoms with van der Waals surface area (Å²) in [6, 6.07) is 22.2. The molecule has 0 aromatic heterocycles. The molecular weight excluding hydrogens is 355 g/mol. The van der Waals surface area contributed by atoms with Gasteiger partial charge in [0.05, 0.1) is 0 Å². The Morgan fingerprint density at radius 2 is 1.46 bits per heavy atom. The van der Waals surface area contributed by atoms with Crippen molar-refractivity contribution in [3.63, 3.8) is 0 Å². The summed E-state index contributed by atoms with van der Waals surface area (Å²) < 4.78 is 13.6. The molecular formula is C23H21FN2O2. The second kappa shape index (κ2) is 8.95. The van der Waals surface area contributed by atoms with Gasteiger partial charge in [0.15, 0.2) is 0 Å². The van der Waals surface area contributed by atoms with Crippen LogP contribution < -0.4 is 10.2 Å². The van der Waals surface area contributed by atoms with E-state index in [2.05, 4.69) is 5.32 Å². The fourth-order valence-electron chi connectivity index (χ4n) is 2.89. The minimum atomic E-state index is -0.357. The first-order chi connectivity index (χ1) is 13.6. The number of benzene rings is 3. The molecule has 0 heterocycles. The molecule has 0 saturated carbocycles. The van der Waals surface area contributed by atoms with Crippen LogP contribution in [-0.4, -0.2) is 18.4 Å². The normalized spacial score (nSPS) is 10.4. The van der Waals surface area contributed by atoms with E-state index in [0.717, 1.165) is 5.69 Å². The second-order valence-electron chi connectivity index (χ2n) is 6.24. The van der Waals surface area contributed by atoms with Crippen molar-refractivity contribution in [2.75, 3.05) is 11.4 Å². The van der Waals surface area contributed by atoms with E-state index >= 15 is 0 Å². The number of carbonyl (C=O) groups is 2. The predicted molar refractivity (Wildman–Crippen MR) is 108 cm³/mol. The Morgan fingerprint density at radius 1 is 0.857 bits per heavy atom. The lowest BCUT2D eigenvalue weighted by molar-refractivity contribution is 0.0947. The summed E-state index contributed by atoms with van der Waals surface area (Å²) in [6.45, 7) is 2.55. The van der Waals surface area contributed by atoms with Gasteiger partial charge >= 0.3 is 0 Å². The van der Waals surface area contributed by atoms with Gasteiger partial charge in [-0.1, -0.05) is 36.4 Å². The minimum Gasteiger partial charge on any atom is -0.348 e. The van der Waals surface area contributed by atoms with Crippen molar-refractivity contribution in [1.29, 1.82) is 0 Å². The highest BCUT2D eigenvalue weighted by Gasteiger charge is 2.16. The molecule has 0 bridgehead atoms. The monoisotopic (exact) mass is 376 g/mol. The van der Waals surface area contributed by atoms with E-state index < -0.39 is 0 Å². The predicted octanol–water partition coefficient (Wildman–Crippen LogP) is 4.42. The lowest BCUT2D eigenvalue weighted by atomic mass is 10.1. The number of carbonyl (C=O) groups excluding carboxylic acids is 2. The van der Waals surface area contributed by atoms with Crippen molar-refractivity contribution in [3.8, 4) is 0 Å². The quantitative estimate of drug-likeness (QED) is 0.692. The lowest BCUT2D eigenvalue weighted by Crippen LogP contribution is -2.30. The second-order valence-corrected chi connectivity index (χ2v) is 6.24. The van der Waals surface area contributed by atoms with Crippen LogP contribution in [0.3, 0.4) is 0 Å². The summed E-state index contributed by atoms with van der Waals surface area (Å²) in [7, 11) is 0. The fraction of sp³-hybridized carbons (Fsp3) is 0.130. The van der Waals surface area contributed by atoms with E-state index in [0.29, 0.717) is 23.2 Å². The molecule has 1 N–H and O–H groups in total. The third-order valence-electron chi connectivity index (χ3n) is 4.42. The maximum Gasteiger partial charge on any atom is 0.258 e. The summed E-state index contributed by atoms with van der Waals surface area (Å²) in [4.78, 5) is 26.8. The van der Waals surface area contributed by atoms with Crippen molar-refractivity contribution in [2.45, 2.75) is 13.5 Å². The molecule has 0 atom stereocenters. The zero-order chi connectivity index (χ0) is 19.9. The van der Waals surface area contributed by atoms with E-state index in [1.165, 1.54) is 6.07 Å². The van der Waals surface area contributed by atoms with Gasteiger partial charge in [-0.15, -0.1) is 0 Å². The summed E-state index contributed by atoms with van der Waals surface area (Å²) in [6.07, 6.45) is 0. The Hall–Kier alpha value is -3.47. The molecule has 0 aliphatic heterocycles. The third-order valence-corrected chi connectivity index (χ3v) is 4.42. The maximum absolute atomic E-state index is 13.6. The van der Waals surface area contributed by atoms with Crippen LogP contribution in [0.25, 0.3) is 0 Å². The maximum atomic E-state index is 13.6. The van der Waals surface area contributed by atoms with E-state index in [4.69, 9.17) is 0 Å². The van der Waals surface area contributed by atoms with Crippen LogP contribution in [0.5, 0.6) is 0 Å². The number of nitrogens with zero attached hydrogens (tertiary/aromatic N) is 1. The van der Waals surface area contributed by atoms with Crippen LogP contribution in [-0.2, 0) is 6.54 Å². The highest BCUT2D eigenvalue weighted by molar-refractivity contribution is 6.06. The van der Waals surface area contributed by atoms with Gasteiger partial charge in [-0.05, 0) is 49.4 Å². The topological polar surface area (TPSA) is 49.4 Å². The summed E-state index contributed by atoms with van der Waals surface area (Å²) >= 11 is 0. The molecule has 0 aliphatic rings. The fourth-order valence-corrected chi connectivity index (χ4v) is 2.89. The number of para-hydroxylation sites is 1. The Balaban J connectivity index is 1.68. The van der Waals surface area contributed by atoms with Gasteiger partial charge in [-0.2, -0.15) is 0 Å². The SMILES string of the molecule is CCN(C(=O)c1ccc(C(=O)NCc2ccccc2F)cc1)c1ccccc1. The first-order valence-corrected chi connectivity index (χ1v) is 9.08. The zero-order valence-corrected chi connectivity index (χ0v) is 15.6. The zero-order valence-electron chi connectivity index (χ0n) is 15.6. The lowest BCUT2D eigenvalue weighted by Gasteiger charge is -2.21. The van der Waals surface area contributed by atoms with Crippen LogP contribution >= 0.6 is 0 Å². The average molecular weight is 376 g/mol. The average Bonchev–Trinajstić information content (AvgIpc) is 2.74. The summed E-state index contributed by atoms with van der Waals surface area (Å²) in [5.41, 5.74) is 2.15. The van der Waals surface area contributed by atoms with Crippen molar-refractivity contribution in [2.24, 2.45) is 0 Å². The van der Waals surface area contributed by atoms with Crippen LogP contribution in [0.4, 0.5) is 10.1 Å². The number of hydrogen-bond acceptors (Lipinski definition) is 2.